The van der Waals surface area contributed by atoms with E-state index in [9.17, 15) is 4.79 Å². The molecule has 22 heavy (non-hydrogen) atoms. The van der Waals surface area contributed by atoms with Gasteiger partial charge < -0.3 is 4.74 Å². The molecule has 3 fully saturated rings. The first-order valence-electron chi connectivity index (χ1n) is 9.12. The number of hydrogen-bond acceptors (Lipinski definition) is 2. The van der Waals surface area contributed by atoms with Gasteiger partial charge in [0.1, 0.15) is 5.78 Å². The highest BCUT2D eigenvalue weighted by Crippen LogP contribution is 2.70. The van der Waals surface area contributed by atoms with Crippen LogP contribution in [0.3, 0.4) is 0 Å². The van der Waals surface area contributed by atoms with Gasteiger partial charge in [-0.2, -0.15) is 0 Å². The standard InChI is InChI=1S/C20H26O2/c1-20-8-7-14-13-6-4-12(22-2)9-11(13)3-5-15(14)18(20)16-10-17(16)19(20)21/h3,9,13-18H,4-8,10H2,1-2H3/t13?,14?,15?,16-,17+,18?,20?/m1/s1. The number of rotatable bonds is 1. The van der Waals surface area contributed by atoms with Crippen LogP contribution in [0.25, 0.3) is 0 Å². The predicted molar refractivity (Wildman–Crippen MR) is 84.9 cm³/mol. The summed E-state index contributed by atoms with van der Waals surface area (Å²) in [5.74, 6) is 5.98. The van der Waals surface area contributed by atoms with E-state index >= 15 is 0 Å². The Kier molecular flexibility index (Phi) is 2.60. The summed E-state index contributed by atoms with van der Waals surface area (Å²) >= 11 is 0. The summed E-state index contributed by atoms with van der Waals surface area (Å²) in [6.07, 6.45) is 11.9. The fourth-order valence-corrected chi connectivity index (χ4v) is 6.76. The van der Waals surface area contributed by atoms with Gasteiger partial charge in [0.05, 0.1) is 12.9 Å². The zero-order valence-corrected chi connectivity index (χ0v) is 13.7. The van der Waals surface area contributed by atoms with Gasteiger partial charge in [-0.1, -0.05) is 13.0 Å². The Labute approximate surface area is 133 Å². The summed E-state index contributed by atoms with van der Waals surface area (Å²) < 4.78 is 5.47. The van der Waals surface area contributed by atoms with E-state index in [2.05, 4.69) is 19.1 Å². The van der Waals surface area contributed by atoms with Gasteiger partial charge in [0.2, 0.25) is 0 Å². The molecule has 5 aliphatic carbocycles. The molecule has 118 valence electrons. The van der Waals surface area contributed by atoms with Crippen LogP contribution in [0.15, 0.2) is 23.5 Å². The Bertz CT molecular complexity index is 601. The van der Waals surface area contributed by atoms with E-state index in [4.69, 9.17) is 4.74 Å². The van der Waals surface area contributed by atoms with E-state index in [-0.39, 0.29) is 5.41 Å². The molecule has 0 bridgehead atoms. The van der Waals surface area contributed by atoms with Crippen molar-refractivity contribution in [1.82, 2.24) is 0 Å². The fraction of sp³-hybridized carbons (Fsp3) is 0.750. The van der Waals surface area contributed by atoms with Crippen molar-refractivity contribution in [2.45, 2.75) is 45.4 Å². The second-order valence-corrected chi connectivity index (χ2v) is 8.58. The molecule has 0 aromatic heterocycles. The van der Waals surface area contributed by atoms with Crippen LogP contribution in [0.5, 0.6) is 0 Å². The molecule has 0 radical (unpaired) electrons. The summed E-state index contributed by atoms with van der Waals surface area (Å²) in [6, 6.07) is 0. The van der Waals surface area contributed by atoms with Crippen LogP contribution in [0.4, 0.5) is 0 Å². The first-order chi connectivity index (χ1) is 10.6. The molecular weight excluding hydrogens is 272 g/mol. The molecule has 0 aliphatic heterocycles. The van der Waals surface area contributed by atoms with Gasteiger partial charge in [-0.15, -0.1) is 0 Å². The highest BCUT2D eigenvalue weighted by atomic mass is 16.5. The lowest BCUT2D eigenvalue weighted by molar-refractivity contribution is -0.133. The van der Waals surface area contributed by atoms with E-state index < -0.39 is 0 Å². The predicted octanol–water partition coefficient (Wildman–Crippen LogP) is 4.12. The summed E-state index contributed by atoms with van der Waals surface area (Å²) in [6.45, 7) is 2.30. The van der Waals surface area contributed by atoms with Crippen molar-refractivity contribution in [2.75, 3.05) is 7.11 Å². The van der Waals surface area contributed by atoms with Gasteiger partial charge in [-0.05, 0) is 73.3 Å². The third kappa shape index (κ3) is 1.54. The lowest BCUT2D eigenvalue weighted by Gasteiger charge is -2.51. The highest BCUT2D eigenvalue weighted by Gasteiger charge is 2.69. The zero-order chi connectivity index (χ0) is 15.1. The first kappa shape index (κ1) is 13.4. The smallest absolute Gasteiger partial charge is 0.142 e. The average Bonchev–Trinajstić information content (AvgIpc) is 3.28. The first-order valence-corrected chi connectivity index (χ1v) is 9.12. The number of allylic oxidation sites excluding steroid dienone is 4. The van der Waals surface area contributed by atoms with Crippen molar-refractivity contribution in [3.05, 3.63) is 23.5 Å². The van der Waals surface area contributed by atoms with Crippen molar-refractivity contribution < 1.29 is 9.53 Å². The number of ketones is 1. The Hall–Kier alpha value is -1.05. The Morgan fingerprint density at radius 1 is 1.18 bits per heavy atom. The molecule has 2 heteroatoms. The summed E-state index contributed by atoms with van der Waals surface area (Å²) in [5, 5.41) is 0. The summed E-state index contributed by atoms with van der Waals surface area (Å²) in [5.41, 5.74) is 1.56. The minimum absolute atomic E-state index is 0.0300. The minimum Gasteiger partial charge on any atom is -0.501 e. The van der Waals surface area contributed by atoms with Crippen LogP contribution < -0.4 is 0 Å². The summed E-state index contributed by atoms with van der Waals surface area (Å²) in [7, 11) is 1.79. The molecule has 3 saturated carbocycles. The number of carbonyl (C=O) groups is 1. The lowest BCUT2D eigenvalue weighted by Crippen LogP contribution is -2.47. The van der Waals surface area contributed by atoms with Crippen LogP contribution in [-0.2, 0) is 9.53 Å². The SMILES string of the molecule is COC1=CC2=CCC3C(CCC4(C)C(=O)[C@H]5C[C@H]5C34)C2CC1. The van der Waals surface area contributed by atoms with Gasteiger partial charge in [0.15, 0.2) is 0 Å². The molecule has 5 aliphatic rings. The number of fused-ring (bicyclic) bond motifs is 7. The molecule has 0 aromatic carbocycles. The maximum atomic E-state index is 12.7. The van der Waals surface area contributed by atoms with Crippen molar-refractivity contribution in [3.8, 4) is 0 Å². The van der Waals surface area contributed by atoms with Gasteiger partial charge in [0, 0.05) is 17.8 Å². The number of Topliss-reactive ketones (excluding diaryl/α,β-unsaturated/α-hetero) is 1. The van der Waals surface area contributed by atoms with E-state index in [1.807, 2.05) is 0 Å². The normalized spacial score (nSPS) is 51.8. The van der Waals surface area contributed by atoms with Gasteiger partial charge in [0.25, 0.3) is 0 Å². The maximum Gasteiger partial charge on any atom is 0.142 e. The molecular formula is C20H26O2. The Balaban J connectivity index is 1.50. The average molecular weight is 298 g/mol. The largest absolute Gasteiger partial charge is 0.501 e. The second-order valence-electron chi connectivity index (χ2n) is 8.58. The molecule has 0 heterocycles. The molecule has 7 atom stereocenters. The van der Waals surface area contributed by atoms with E-state index in [1.165, 1.54) is 31.3 Å². The van der Waals surface area contributed by atoms with Crippen molar-refractivity contribution in [3.63, 3.8) is 0 Å². The van der Waals surface area contributed by atoms with E-state index in [1.54, 1.807) is 7.11 Å². The number of carbonyl (C=O) groups excluding carboxylic acids is 1. The van der Waals surface area contributed by atoms with Crippen molar-refractivity contribution in [2.24, 2.45) is 40.9 Å². The third-order valence-corrected chi connectivity index (χ3v) is 7.81. The van der Waals surface area contributed by atoms with Crippen molar-refractivity contribution in [1.29, 1.82) is 0 Å². The second kappa shape index (κ2) is 4.27. The fourth-order valence-electron chi connectivity index (χ4n) is 6.76. The summed E-state index contributed by atoms with van der Waals surface area (Å²) in [4.78, 5) is 12.7. The van der Waals surface area contributed by atoms with Gasteiger partial charge >= 0.3 is 0 Å². The highest BCUT2D eigenvalue weighted by molar-refractivity contribution is 5.92. The molecule has 5 unspecified atom stereocenters. The molecule has 0 amide bonds. The Morgan fingerprint density at radius 2 is 2.05 bits per heavy atom. The lowest BCUT2D eigenvalue weighted by atomic mass is 9.52. The van der Waals surface area contributed by atoms with E-state index in [0.29, 0.717) is 17.6 Å². The van der Waals surface area contributed by atoms with E-state index in [0.717, 1.165) is 42.3 Å². The van der Waals surface area contributed by atoms with Crippen molar-refractivity contribution >= 4 is 5.78 Å². The van der Waals surface area contributed by atoms with Crippen LogP contribution in [0, 0.1) is 40.9 Å². The number of methoxy groups -OCH3 is 1. The zero-order valence-electron chi connectivity index (χ0n) is 13.7. The van der Waals surface area contributed by atoms with Crippen LogP contribution >= 0.6 is 0 Å². The topological polar surface area (TPSA) is 26.3 Å². The number of ether oxygens (including phenoxy) is 1. The van der Waals surface area contributed by atoms with Gasteiger partial charge in [-0.3, -0.25) is 4.79 Å². The maximum absolute atomic E-state index is 12.7. The van der Waals surface area contributed by atoms with Crippen LogP contribution in [0.2, 0.25) is 0 Å². The molecule has 0 saturated heterocycles. The Morgan fingerprint density at radius 3 is 2.86 bits per heavy atom. The number of hydrogen-bond donors (Lipinski definition) is 0. The molecule has 5 rings (SSSR count). The molecule has 0 aromatic rings. The van der Waals surface area contributed by atoms with Crippen LogP contribution in [-0.4, -0.2) is 12.9 Å². The molecule has 2 nitrogen and oxygen atoms in total. The quantitative estimate of drug-likeness (QED) is 0.728. The molecule has 0 spiro atoms. The third-order valence-electron chi connectivity index (χ3n) is 7.81. The minimum atomic E-state index is 0.0300. The monoisotopic (exact) mass is 298 g/mol. The van der Waals surface area contributed by atoms with Crippen LogP contribution in [0.1, 0.15) is 45.4 Å². The molecule has 0 N–H and O–H groups in total. The van der Waals surface area contributed by atoms with Gasteiger partial charge in [-0.25, -0.2) is 0 Å².